The number of hydrogen-bond acceptors (Lipinski definition) is 5. The zero-order valence-electron chi connectivity index (χ0n) is 26.3. The van der Waals surface area contributed by atoms with Crippen molar-refractivity contribution < 1.29 is 31.9 Å². The van der Waals surface area contributed by atoms with Crippen LogP contribution in [0.2, 0.25) is 0 Å². The van der Waals surface area contributed by atoms with E-state index in [1.807, 2.05) is 0 Å². The molecule has 0 unspecified atom stereocenters. The van der Waals surface area contributed by atoms with Gasteiger partial charge in [-0.3, -0.25) is 9.59 Å². The number of carbonyl (C=O) groups is 2. The highest BCUT2D eigenvalue weighted by atomic mass is 19.3. The molecule has 1 aliphatic rings. The molecule has 3 rings (SSSR count). The lowest BCUT2D eigenvalue weighted by atomic mass is 9.91. The Morgan fingerprint density at radius 2 is 1.73 bits per heavy atom. The summed E-state index contributed by atoms with van der Waals surface area (Å²) in [5.74, 6) is -1.39. The van der Waals surface area contributed by atoms with Gasteiger partial charge in [0.1, 0.15) is 29.7 Å². The van der Waals surface area contributed by atoms with Gasteiger partial charge < -0.3 is 20.3 Å². The van der Waals surface area contributed by atoms with E-state index >= 15 is 4.39 Å². The first kappa shape index (κ1) is 38.5. The summed E-state index contributed by atoms with van der Waals surface area (Å²) in [4.78, 5) is 25.5. The second-order valence-electron chi connectivity index (χ2n) is 12.1. The molecule has 1 amide bonds. The third-order valence-electron chi connectivity index (χ3n) is 7.26. The number of halogens is 4. The van der Waals surface area contributed by atoms with Crippen LogP contribution in [-0.2, 0) is 11.3 Å². The van der Waals surface area contributed by atoms with E-state index in [9.17, 15) is 22.8 Å². The number of alkyl halides is 2. The molecule has 10 heteroatoms. The molecule has 6 nitrogen and oxygen atoms in total. The number of ketones is 1. The Morgan fingerprint density at radius 1 is 1.11 bits per heavy atom. The SMILES string of the molecule is C.C=C(Nc1c(F)ccc(CNC(=O)C(C)(C)C)c1F)N(C)c1cc(OCC(F)F)c(C(C)=O)cc1C.CC1CCCCC1. The molecule has 2 N–H and O–H groups in total. The Balaban J connectivity index is 0.00000106. The first-order valence-electron chi connectivity index (χ1n) is 14.5. The van der Waals surface area contributed by atoms with Gasteiger partial charge >= 0.3 is 0 Å². The molecule has 44 heavy (non-hydrogen) atoms. The van der Waals surface area contributed by atoms with Crippen molar-refractivity contribution in [2.45, 2.75) is 94.0 Å². The average molecular weight is 624 g/mol. The van der Waals surface area contributed by atoms with Gasteiger partial charge in [-0.1, -0.05) is 79.9 Å². The van der Waals surface area contributed by atoms with Gasteiger partial charge in [-0.15, -0.1) is 0 Å². The maximum atomic E-state index is 15.1. The summed E-state index contributed by atoms with van der Waals surface area (Å²) in [7, 11) is 1.55. The Morgan fingerprint density at radius 3 is 2.23 bits per heavy atom. The van der Waals surface area contributed by atoms with Crippen molar-refractivity contribution in [1.29, 1.82) is 0 Å². The van der Waals surface area contributed by atoms with E-state index < -0.39 is 35.8 Å². The first-order valence-corrected chi connectivity index (χ1v) is 14.5. The van der Waals surface area contributed by atoms with Crippen LogP contribution in [0, 0.1) is 29.9 Å². The number of hydrogen-bond donors (Lipinski definition) is 2. The van der Waals surface area contributed by atoms with Crippen molar-refractivity contribution in [3.8, 4) is 5.75 Å². The summed E-state index contributed by atoms with van der Waals surface area (Å²) < 4.78 is 60.2. The number of benzene rings is 2. The minimum absolute atomic E-state index is 0. The van der Waals surface area contributed by atoms with Crippen molar-refractivity contribution in [2.75, 3.05) is 23.9 Å². The third kappa shape index (κ3) is 11.2. The number of nitrogens with zero attached hydrogens (tertiary/aromatic N) is 1. The number of carbonyl (C=O) groups excluding carboxylic acids is 2. The average Bonchev–Trinajstić information content (AvgIpc) is 2.93. The molecule has 1 fully saturated rings. The summed E-state index contributed by atoms with van der Waals surface area (Å²) in [5.41, 5.74) is 0.0392. The van der Waals surface area contributed by atoms with E-state index in [-0.39, 0.29) is 48.4 Å². The molecule has 0 atom stereocenters. The summed E-state index contributed by atoms with van der Waals surface area (Å²) >= 11 is 0. The van der Waals surface area contributed by atoms with Crippen molar-refractivity contribution in [2.24, 2.45) is 11.3 Å². The van der Waals surface area contributed by atoms with Gasteiger partial charge in [-0.25, -0.2) is 17.6 Å². The van der Waals surface area contributed by atoms with Crippen LogP contribution in [0.15, 0.2) is 36.7 Å². The molecule has 0 spiro atoms. The molecule has 0 radical (unpaired) electrons. The molecule has 0 aliphatic heterocycles. The number of amides is 1. The fourth-order valence-electron chi connectivity index (χ4n) is 4.55. The highest BCUT2D eigenvalue weighted by molar-refractivity contribution is 5.98. The van der Waals surface area contributed by atoms with Gasteiger partial charge in [0.25, 0.3) is 6.43 Å². The van der Waals surface area contributed by atoms with E-state index in [0.29, 0.717) is 11.3 Å². The topological polar surface area (TPSA) is 70.7 Å². The number of rotatable bonds is 10. The van der Waals surface area contributed by atoms with Crippen LogP contribution >= 0.6 is 0 Å². The lowest BCUT2D eigenvalue weighted by Gasteiger charge is -2.26. The molecule has 0 bridgehead atoms. The third-order valence-corrected chi connectivity index (χ3v) is 7.26. The lowest BCUT2D eigenvalue weighted by Crippen LogP contribution is -2.34. The van der Waals surface area contributed by atoms with Crippen LogP contribution in [0.3, 0.4) is 0 Å². The highest BCUT2D eigenvalue weighted by Gasteiger charge is 2.23. The standard InChI is InChI=1S/C26H31F4N3O3.C7H14.CH4/c1-14-10-18(15(2)34)21(36-13-22(28)29)11-20(14)33(7)16(3)32-24-19(27)9-8-17(23(24)30)12-31-25(35)26(4,5)6;1-7-5-3-2-4-6-7;/h8-11,22,32H,3,12-13H2,1-2,4-7H3,(H,31,35);7H,2-6H2,1H3;1H4. The minimum Gasteiger partial charge on any atom is -0.487 e. The van der Waals surface area contributed by atoms with E-state index in [4.69, 9.17) is 4.74 Å². The molecular weight excluding hydrogens is 574 g/mol. The van der Waals surface area contributed by atoms with Crippen molar-refractivity contribution in [3.05, 3.63) is 65.0 Å². The van der Waals surface area contributed by atoms with Crippen LogP contribution in [0.1, 0.15) is 95.6 Å². The minimum atomic E-state index is -2.74. The van der Waals surface area contributed by atoms with Gasteiger partial charge in [-0.2, -0.15) is 0 Å². The lowest BCUT2D eigenvalue weighted by molar-refractivity contribution is -0.128. The molecule has 1 aliphatic carbocycles. The molecule has 2 aromatic rings. The predicted molar refractivity (Wildman–Crippen MR) is 170 cm³/mol. The van der Waals surface area contributed by atoms with Gasteiger partial charge in [0.05, 0.1) is 5.56 Å². The zero-order chi connectivity index (χ0) is 32.5. The number of aryl methyl sites for hydroxylation is 1. The second kappa shape index (κ2) is 17.1. The Labute approximate surface area is 260 Å². The Bertz CT molecular complexity index is 1290. The quantitative estimate of drug-likeness (QED) is 0.204. The summed E-state index contributed by atoms with van der Waals surface area (Å²) in [6.45, 7) is 13.3. The van der Waals surface area contributed by atoms with E-state index in [1.54, 1.807) is 34.7 Å². The summed E-state index contributed by atoms with van der Waals surface area (Å²) in [6.07, 6.45) is 4.70. The van der Waals surface area contributed by atoms with Gasteiger partial charge in [0, 0.05) is 36.3 Å². The van der Waals surface area contributed by atoms with Crippen LogP contribution in [-0.4, -0.2) is 31.8 Å². The molecule has 0 saturated heterocycles. The maximum Gasteiger partial charge on any atom is 0.272 e. The van der Waals surface area contributed by atoms with E-state index in [2.05, 4.69) is 24.1 Å². The van der Waals surface area contributed by atoms with Crippen molar-refractivity contribution in [3.63, 3.8) is 0 Å². The predicted octanol–water partition coefficient (Wildman–Crippen LogP) is 9.02. The van der Waals surface area contributed by atoms with E-state index in [1.165, 1.54) is 62.1 Å². The molecule has 246 valence electrons. The molecule has 1 saturated carbocycles. The molecule has 2 aromatic carbocycles. The van der Waals surface area contributed by atoms with Crippen LogP contribution < -0.4 is 20.3 Å². The number of Topliss-reactive ketones (excluding diaryl/α,β-unsaturated/α-hetero) is 1. The smallest absolute Gasteiger partial charge is 0.272 e. The normalized spacial score (nSPS) is 13.3. The Kier molecular flexibility index (Phi) is 14.9. The molecule has 0 heterocycles. The fraction of sp³-hybridized carbons (Fsp3) is 0.529. The maximum absolute atomic E-state index is 15.1. The van der Waals surface area contributed by atoms with Crippen LogP contribution in [0.25, 0.3) is 0 Å². The van der Waals surface area contributed by atoms with Gasteiger partial charge in [0.2, 0.25) is 5.91 Å². The van der Waals surface area contributed by atoms with Gasteiger partial charge in [-0.05, 0) is 37.5 Å². The fourth-order valence-corrected chi connectivity index (χ4v) is 4.55. The molecule has 0 aromatic heterocycles. The van der Waals surface area contributed by atoms with Gasteiger partial charge in [0.15, 0.2) is 11.6 Å². The van der Waals surface area contributed by atoms with Crippen molar-refractivity contribution in [1.82, 2.24) is 5.32 Å². The van der Waals surface area contributed by atoms with Crippen molar-refractivity contribution >= 4 is 23.1 Å². The zero-order valence-corrected chi connectivity index (χ0v) is 26.3. The monoisotopic (exact) mass is 623 g/mol. The number of nitrogens with one attached hydrogen (secondary N) is 2. The molecular formula is C34H49F4N3O3. The number of ether oxygens (including phenoxy) is 1. The largest absolute Gasteiger partial charge is 0.487 e. The summed E-state index contributed by atoms with van der Waals surface area (Å²) in [6, 6.07) is 5.19. The first-order chi connectivity index (χ1) is 20.0. The Hall–Kier alpha value is -3.56. The van der Waals surface area contributed by atoms with E-state index in [0.717, 1.165) is 12.0 Å². The van der Waals surface area contributed by atoms with Crippen LogP contribution in [0.4, 0.5) is 28.9 Å². The highest BCUT2D eigenvalue weighted by Crippen LogP contribution is 2.33. The summed E-state index contributed by atoms with van der Waals surface area (Å²) in [5, 5.41) is 5.23. The van der Waals surface area contributed by atoms with Crippen LogP contribution in [0.5, 0.6) is 5.75 Å². The second-order valence-corrected chi connectivity index (χ2v) is 12.1. The number of anilines is 2.